The molecule has 0 amide bonds. The summed E-state index contributed by atoms with van der Waals surface area (Å²) >= 11 is 0. The van der Waals surface area contributed by atoms with E-state index in [0.717, 1.165) is 5.56 Å². The maximum Gasteiger partial charge on any atom is 0.0771 e. The van der Waals surface area contributed by atoms with Crippen LogP contribution in [0.5, 0.6) is 0 Å². The lowest BCUT2D eigenvalue weighted by atomic mass is 10.1. The van der Waals surface area contributed by atoms with Crippen molar-refractivity contribution in [1.82, 2.24) is 0 Å². The van der Waals surface area contributed by atoms with Crippen LogP contribution in [-0.2, 0) is 0 Å². The second-order valence-electron chi connectivity index (χ2n) is 7.07. The molecule has 0 aromatic heterocycles. The molecule has 1 rings (SSSR count). The number of aliphatic hydroxyl groups excluding tert-OH is 1. The topological polar surface area (TPSA) is 20.2 Å². The molecule has 1 N–H and O–H groups in total. The first-order valence-corrected chi connectivity index (χ1v) is 13.5. The minimum Gasteiger partial charge on any atom is -0.389 e. The molecule has 0 bridgehead atoms. The van der Waals surface area contributed by atoms with E-state index in [4.69, 9.17) is 0 Å². The molecule has 0 spiro atoms. The van der Waals surface area contributed by atoms with Gasteiger partial charge < -0.3 is 5.11 Å². The van der Waals surface area contributed by atoms with Gasteiger partial charge in [-0.3, -0.25) is 0 Å². The molecule has 1 atom stereocenters. The normalized spacial score (nSPS) is 15.1. The van der Waals surface area contributed by atoms with Crippen molar-refractivity contribution in [3.8, 4) is 0 Å². The standard InChI is InChI=1S/C14H26OSi2/c1-16(2,3)14(17(4,5)6)13(15)12-10-8-7-9-11-12/h7-11,13-15H,1-6H3. The summed E-state index contributed by atoms with van der Waals surface area (Å²) in [6.45, 7) is 14.3. The molecule has 0 saturated heterocycles. The van der Waals surface area contributed by atoms with E-state index in [9.17, 15) is 5.11 Å². The zero-order chi connectivity index (χ0) is 13.3. The van der Waals surface area contributed by atoms with E-state index < -0.39 is 16.1 Å². The predicted octanol–water partition coefficient (Wildman–Crippen LogP) is 4.31. The van der Waals surface area contributed by atoms with Crippen molar-refractivity contribution in [2.75, 3.05) is 0 Å². The average molecular weight is 267 g/mol. The molecule has 0 aliphatic rings. The Morgan fingerprint density at radius 3 is 1.59 bits per heavy atom. The molecule has 1 nitrogen and oxygen atoms in total. The van der Waals surface area contributed by atoms with Gasteiger partial charge in [0.2, 0.25) is 0 Å². The van der Waals surface area contributed by atoms with Crippen LogP contribution in [0.4, 0.5) is 0 Å². The fourth-order valence-electron chi connectivity index (χ4n) is 3.09. The second-order valence-corrected chi connectivity index (χ2v) is 18.4. The minimum absolute atomic E-state index is 0.283. The molecule has 0 radical (unpaired) electrons. The van der Waals surface area contributed by atoms with E-state index in [1.165, 1.54) is 0 Å². The van der Waals surface area contributed by atoms with Gasteiger partial charge in [0.05, 0.1) is 6.10 Å². The van der Waals surface area contributed by atoms with Crippen molar-refractivity contribution in [3.05, 3.63) is 35.9 Å². The summed E-state index contributed by atoms with van der Waals surface area (Å²) in [4.78, 5) is 0. The van der Waals surface area contributed by atoms with Crippen molar-refractivity contribution in [3.63, 3.8) is 0 Å². The molecule has 96 valence electrons. The third-order valence-electron chi connectivity index (χ3n) is 3.32. The van der Waals surface area contributed by atoms with Crippen molar-refractivity contribution in [2.45, 2.75) is 50.6 Å². The van der Waals surface area contributed by atoms with Gasteiger partial charge in [-0.25, -0.2) is 0 Å². The Hall–Kier alpha value is -0.386. The fourth-order valence-corrected chi connectivity index (χ4v) is 15.8. The molecule has 17 heavy (non-hydrogen) atoms. The highest BCUT2D eigenvalue weighted by Crippen LogP contribution is 2.42. The lowest BCUT2D eigenvalue weighted by Crippen LogP contribution is -2.46. The Balaban J connectivity index is 3.09. The van der Waals surface area contributed by atoms with Gasteiger partial charge in [0.25, 0.3) is 0 Å². The van der Waals surface area contributed by atoms with Crippen LogP contribution in [0, 0.1) is 0 Å². The van der Waals surface area contributed by atoms with E-state index in [2.05, 4.69) is 51.4 Å². The summed E-state index contributed by atoms with van der Waals surface area (Å²) < 4.78 is 0. The monoisotopic (exact) mass is 266 g/mol. The summed E-state index contributed by atoms with van der Waals surface area (Å²) in [5.41, 5.74) is 1.09. The highest BCUT2D eigenvalue weighted by atomic mass is 28.4. The zero-order valence-corrected chi connectivity index (χ0v) is 14.0. The lowest BCUT2D eigenvalue weighted by molar-refractivity contribution is 0.185. The second kappa shape index (κ2) is 5.08. The SMILES string of the molecule is C[Si](C)(C)C(C(O)c1ccccc1)[Si](C)(C)C. The Bertz CT molecular complexity index is 335. The van der Waals surface area contributed by atoms with Crippen LogP contribution in [0.25, 0.3) is 0 Å². The molecule has 0 aliphatic heterocycles. The smallest absolute Gasteiger partial charge is 0.0771 e. The quantitative estimate of drug-likeness (QED) is 0.805. The molecular weight excluding hydrogens is 240 g/mol. The van der Waals surface area contributed by atoms with Crippen LogP contribution in [-0.4, -0.2) is 21.3 Å². The summed E-state index contributed by atoms with van der Waals surface area (Å²) in [5.74, 6) is 0. The van der Waals surface area contributed by atoms with Gasteiger partial charge in [-0.15, -0.1) is 0 Å². The van der Waals surface area contributed by atoms with Crippen LogP contribution in [0.1, 0.15) is 11.7 Å². The predicted molar refractivity (Wildman–Crippen MR) is 81.8 cm³/mol. The molecule has 1 aromatic carbocycles. The van der Waals surface area contributed by atoms with Crippen LogP contribution in [0.2, 0.25) is 44.4 Å². The van der Waals surface area contributed by atoms with Gasteiger partial charge in [0, 0.05) is 16.1 Å². The molecule has 1 aromatic rings. The highest BCUT2D eigenvalue weighted by molar-refractivity contribution is 6.96. The van der Waals surface area contributed by atoms with Gasteiger partial charge >= 0.3 is 0 Å². The first kappa shape index (κ1) is 14.7. The Labute approximate surface area is 108 Å². The van der Waals surface area contributed by atoms with Crippen molar-refractivity contribution in [1.29, 1.82) is 0 Å². The third-order valence-corrected chi connectivity index (χ3v) is 12.9. The Morgan fingerprint density at radius 2 is 1.24 bits per heavy atom. The number of hydrogen-bond donors (Lipinski definition) is 1. The highest BCUT2D eigenvalue weighted by Gasteiger charge is 2.42. The number of hydrogen-bond acceptors (Lipinski definition) is 1. The summed E-state index contributed by atoms with van der Waals surface area (Å²) in [5, 5.41) is 11.2. The van der Waals surface area contributed by atoms with Crippen LogP contribution in [0.3, 0.4) is 0 Å². The number of benzene rings is 1. The molecular formula is C14H26OSi2. The van der Waals surface area contributed by atoms with Crippen LogP contribution >= 0.6 is 0 Å². The van der Waals surface area contributed by atoms with Crippen LogP contribution in [0.15, 0.2) is 30.3 Å². The Kier molecular flexibility index (Phi) is 4.39. The van der Waals surface area contributed by atoms with Gasteiger partial charge in [-0.2, -0.15) is 0 Å². The molecule has 3 heteroatoms. The number of aliphatic hydroxyl groups is 1. The van der Waals surface area contributed by atoms with E-state index in [1.807, 2.05) is 18.2 Å². The third kappa shape index (κ3) is 3.80. The zero-order valence-electron chi connectivity index (χ0n) is 12.0. The van der Waals surface area contributed by atoms with Gasteiger partial charge in [-0.1, -0.05) is 69.6 Å². The fraction of sp³-hybridized carbons (Fsp3) is 0.571. The van der Waals surface area contributed by atoms with E-state index in [1.54, 1.807) is 0 Å². The van der Waals surface area contributed by atoms with Crippen molar-refractivity contribution >= 4 is 16.1 Å². The summed E-state index contributed by atoms with van der Waals surface area (Å²) in [6, 6.07) is 10.2. The minimum atomic E-state index is -1.36. The summed E-state index contributed by atoms with van der Waals surface area (Å²) in [7, 11) is -2.71. The van der Waals surface area contributed by atoms with Gasteiger partial charge in [0.1, 0.15) is 0 Å². The van der Waals surface area contributed by atoms with Gasteiger partial charge in [-0.05, 0) is 10.7 Å². The van der Waals surface area contributed by atoms with Gasteiger partial charge in [0.15, 0.2) is 0 Å². The molecule has 0 aliphatic carbocycles. The van der Waals surface area contributed by atoms with E-state index in [0.29, 0.717) is 5.16 Å². The van der Waals surface area contributed by atoms with E-state index in [-0.39, 0.29) is 6.10 Å². The Morgan fingerprint density at radius 1 is 0.824 bits per heavy atom. The van der Waals surface area contributed by atoms with Crippen molar-refractivity contribution in [2.24, 2.45) is 0 Å². The maximum atomic E-state index is 10.7. The molecule has 0 saturated carbocycles. The first-order valence-electron chi connectivity index (χ1n) is 6.37. The largest absolute Gasteiger partial charge is 0.389 e. The van der Waals surface area contributed by atoms with Crippen LogP contribution < -0.4 is 0 Å². The number of rotatable bonds is 4. The summed E-state index contributed by atoms with van der Waals surface area (Å²) in [6.07, 6.45) is -0.283. The molecule has 0 fully saturated rings. The maximum absolute atomic E-state index is 10.7. The lowest BCUT2D eigenvalue weighted by Gasteiger charge is -2.41. The van der Waals surface area contributed by atoms with Crippen molar-refractivity contribution < 1.29 is 5.11 Å². The van der Waals surface area contributed by atoms with E-state index >= 15 is 0 Å². The molecule has 1 unspecified atom stereocenters. The average Bonchev–Trinajstić information content (AvgIpc) is 2.14. The molecule has 0 heterocycles. The first-order chi connectivity index (χ1) is 7.64.